The van der Waals surface area contributed by atoms with Crippen LogP contribution in [0.4, 0.5) is 0 Å². The molecular formula is C13H20Cl2N2O2S2. The van der Waals surface area contributed by atoms with Gasteiger partial charge >= 0.3 is 0 Å². The molecule has 0 spiro atoms. The normalized spacial score (nSPS) is 13.4. The Morgan fingerprint density at radius 2 is 2.00 bits per heavy atom. The van der Waals surface area contributed by atoms with Gasteiger partial charge in [0.25, 0.3) is 0 Å². The number of rotatable bonds is 8. The topological polar surface area (TPSA) is 58.2 Å². The molecule has 2 N–H and O–H groups in total. The Morgan fingerprint density at radius 1 is 1.33 bits per heavy atom. The number of thioether (sulfide) groups is 1. The molecule has 0 aromatic heterocycles. The summed E-state index contributed by atoms with van der Waals surface area (Å²) in [5.41, 5.74) is 0.584. The molecule has 0 amide bonds. The average Bonchev–Trinajstić information content (AvgIpc) is 2.42. The number of benzene rings is 1. The first-order valence-corrected chi connectivity index (χ1v) is 10.00. The monoisotopic (exact) mass is 370 g/mol. The van der Waals surface area contributed by atoms with E-state index >= 15 is 0 Å². The largest absolute Gasteiger partial charge is 0.316 e. The van der Waals surface area contributed by atoms with Crippen LogP contribution in [0.1, 0.15) is 18.9 Å². The number of nitrogens with one attached hydrogen (secondary N) is 2. The smallest absolute Gasteiger partial charge is 0.242 e. The highest BCUT2D eigenvalue weighted by molar-refractivity contribution is 7.99. The number of hydrogen-bond acceptors (Lipinski definition) is 4. The Balaban J connectivity index is 2.95. The van der Waals surface area contributed by atoms with Gasteiger partial charge in [-0.2, -0.15) is 11.8 Å². The predicted molar refractivity (Wildman–Crippen MR) is 92.0 cm³/mol. The van der Waals surface area contributed by atoms with Crippen LogP contribution in [0.5, 0.6) is 0 Å². The summed E-state index contributed by atoms with van der Waals surface area (Å²) in [6.07, 6.45) is 2.76. The van der Waals surface area contributed by atoms with Gasteiger partial charge in [0.15, 0.2) is 0 Å². The molecule has 0 saturated heterocycles. The van der Waals surface area contributed by atoms with E-state index in [2.05, 4.69) is 17.0 Å². The van der Waals surface area contributed by atoms with E-state index in [1.54, 1.807) is 24.9 Å². The van der Waals surface area contributed by atoms with Crippen molar-refractivity contribution >= 4 is 45.0 Å². The van der Waals surface area contributed by atoms with Gasteiger partial charge < -0.3 is 5.32 Å². The molecule has 120 valence electrons. The van der Waals surface area contributed by atoms with Crippen molar-refractivity contribution < 1.29 is 8.42 Å². The number of hydrogen-bond donors (Lipinski definition) is 2. The van der Waals surface area contributed by atoms with Crippen molar-refractivity contribution in [3.8, 4) is 0 Å². The van der Waals surface area contributed by atoms with E-state index < -0.39 is 10.0 Å². The van der Waals surface area contributed by atoms with E-state index in [9.17, 15) is 8.42 Å². The molecule has 21 heavy (non-hydrogen) atoms. The first-order chi connectivity index (χ1) is 9.83. The van der Waals surface area contributed by atoms with Crippen molar-refractivity contribution in [3.05, 3.63) is 27.7 Å². The maximum absolute atomic E-state index is 12.3. The van der Waals surface area contributed by atoms with Gasteiger partial charge in [0.05, 0.1) is 5.02 Å². The SMILES string of the molecule is CNCc1c(Cl)ccc(S(=O)(=O)NCCC(C)SC)c1Cl. The molecule has 1 aromatic carbocycles. The second-order valence-electron chi connectivity index (χ2n) is 4.60. The molecule has 1 rings (SSSR count). The molecule has 0 aliphatic heterocycles. The molecule has 0 radical (unpaired) electrons. The molecule has 8 heteroatoms. The van der Waals surface area contributed by atoms with Gasteiger partial charge in [-0.05, 0) is 31.9 Å². The molecule has 0 heterocycles. The van der Waals surface area contributed by atoms with Crippen molar-refractivity contribution in [1.29, 1.82) is 0 Å². The fraction of sp³-hybridized carbons (Fsp3) is 0.538. The van der Waals surface area contributed by atoms with Crippen molar-refractivity contribution in [1.82, 2.24) is 10.0 Å². The minimum atomic E-state index is -3.63. The van der Waals surface area contributed by atoms with Crippen LogP contribution in [0, 0.1) is 0 Å². The van der Waals surface area contributed by atoms with E-state index in [4.69, 9.17) is 23.2 Å². The van der Waals surface area contributed by atoms with Crippen LogP contribution >= 0.6 is 35.0 Å². The van der Waals surface area contributed by atoms with Gasteiger partial charge in [0.2, 0.25) is 10.0 Å². The summed E-state index contributed by atoms with van der Waals surface area (Å²) in [4.78, 5) is 0.0654. The van der Waals surface area contributed by atoms with Gasteiger partial charge in [0, 0.05) is 28.9 Å². The Hall–Kier alpha value is 0.0200. The van der Waals surface area contributed by atoms with Crippen LogP contribution in [0.25, 0.3) is 0 Å². The van der Waals surface area contributed by atoms with Gasteiger partial charge in [-0.1, -0.05) is 30.1 Å². The minimum Gasteiger partial charge on any atom is -0.316 e. The van der Waals surface area contributed by atoms with Crippen molar-refractivity contribution in [2.75, 3.05) is 19.8 Å². The van der Waals surface area contributed by atoms with Gasteiger partial charge in [0.1, 0.15) is 4.90 Å². The lowest BCUT2D eigenvalue weighted by Crippen LogP contribution is -2.27. The summed E-state index contributed by atoms with van der Waals surface area (Å²) in [6.45, 7) is 2.84. The Bertz CT molecular complexity index is 580. The minimum absolute atomic E-state index is 0.0654. The zero-order valence-electron chi connectivity index (χ0n) is 12.2. The summed E-state index contributed by atoms with van der Waals surface area (Å²) in [5, 5.41) is 3.94. The second kappa shape index (κ2) is 8.60. The zero-order valence-corrected chi connectivity index (χ0v) is 15.4. The Morgan fingerprint density at radius 3 is 2.57 bits per heavy atom. The highest BCUT2D eigenvalue weighted by atomic mass is 35.5. The van der Waals surface area contributed by atoms with Crippen LogP contribution < -0.4 is 10.0 Å². The summed E-state index contributed by atoms with van der Waals surface area (Å²) in [7, 11) is -1.88. The molecule has 0 bridgehead atoms. The standard InChI is InChI=1S/C13H20Cl2N2O2S2/c1-9(20-3)6-7-17-21(18,19)12-5-4-11(14)10(8-16-2)13(12)15/h4-5,9,16-17H,6-8H2,1-3H3. The highest BCUT2D eigenvalue weighted by Gasteiger charge is 2.21. The van der Waals surface area contributed by atoms with E-state index in [0.29, 0.717) is 28.9 Å². The predicted octanol–water partition coefficient (Wildman–Crippen LogP) is 3.13. The lowest BCUT2D eigenvalue weighted by atomic mass is 10.2. The van der Waals surface area contributed by atoms with Crippen molar-refractivity contribution in [2.24, 2.45) is 0 Å². The van der Waals surface area contributed by atoms with Gasteiger partial charge in [-0.25, -0.2) is 13.1 Å². The number of sulfonamides is 1. The number of halogens is 2. The molecular weight excluding hydrogens is 351 g/mol. The van der Waals surface area contributed by atoms with Crippen LogP contribution in [-0.2, 0) is 16.6 Å². The molecule has 0 aliphatic carbocycles. The molecule has 1 aromatic rings. The molecule has 0 saturated carbocycles. The third-order valence-electron chi connectivity index (χ3n) is 3.04. The molecule has 1 atom stereocenters. The Kier molecular flexibility index (Phi) is 7.81. The van der Waals surface area contributed by atoms with E-state index in [1.165, 1.54) is 6.07 Å². The molecule has 0 fully saturated rings. The first kappa shape index (κ1) is 19.1. The van der Waals surface area contributed by atoms with E-state index in [0.717, 1.165) is 6.42 Å². The van der Waals surface area contributed by atoms with Gasteiger partial charge in [-0.15, -0.1) is 0 Å². The third kappa shape index (κ3) is 5.30. The van der Waals surface area contributed by atoms with Crippen LogP contribution in [-0.4, -0.2) is 33.5 Å². The maximum Gasteiger partial charge on any atom is 0.242 e. The van der Waals surface area contributed by atoms with Crippen molar-refractivity contribution in [2.45, 2.75) is 30.0 Å². The highest BCUT2D eigenvalue weighted by Crippen LogP contribution is 2.31. The summed E-state index contributed by atoms with van der Waals surface area (Å²) in [5.74, 6) is 0. The third-order valence-corrected chi connectivity index (χ3v) is 6.48. The quantitative estimate of drug-likeness (QED) is 0.737. The molecule has 1 unspecified atom stereocenters. The summed E-state index contributed by atoms with van der Waals surface area (Å²) >= 11 is 13.9. The first-order valence-electron chi connectivity index (χ1n) is 6.47. The fourth-order valence-electron chi connectivity index (χ4n) is 1.71. The van der Waals surface area contributed by atoms with Crippen LogP contribution in [0.3, 0.4) is 0 Å². The lowest BCUT2D eigenvalue weighted by molar-refractivity contribution is 0.579. The van der Waals surface area contributed by atoms with E-state index in [1.807, 2.05) is 6.26 Å². The zero-order chi connectivity index (χ0) is 16.0. The maximum atomic E-state index is 12.3. The summed E-state index contributed by atoms with van der Waals surface area (Å²) < 4.78 is 27.2. The fourth-order valence-corrected chi connectivity index (χ4v) is 4.03. The molecule has 4 nitrogen and oxygen atoms in total. The Labute approximate surface area is 141 Å². The van der Waals surface area contributed by atoms with Gasteiger partial charge in [-0.3, -0.25) is 0 Å². The second-order valence-corrected chi connectivity index (χ2v) is 8.40. The van der Waals surface area contributed by atoms with E-state index in [-0.39, 0.29) is 9.92 Å². The lowest BCUT2D eigenvalue weighted by Gasteiger charge is -2.13. The average molecular weight is 371 g/mol. The van der Waals surface area contributed by atoms with Crippen molar-refractivity contribution in [3.63, 3.8) is 0 Å². The van der Waals surface area contributed by atoms with Crippen LogP contribution in [0.2, 0.25) is 10.0 Å². The summed E-state index contributed by atoms with van der Waals surface area (Å²) in [6, 6.07) is 2.99. The molecule has 0 aliphatic rings. The van der Waals surface area contributed by atoms with Crippen LogP contribution in [0.15, 0.2) is 17.0 Å².